The van der Waals surface area contributed by atoms with Crippen molar-refractivity contribution in [2.24, 2.45) is 11.8 Å². The van der Waals surface area contributed by atoms with E-state index < -0.39 is 0 Å². The molecule has 3 atom stereocenters. The van der Waals surface area contributed by atoms with Crippen LogP contribution in [0.2, 0.25) is 0 Å². The lowest BCUT2D eigenvalue weighted by molar-refractivity contribution is 0.121. The first kappa shape index (κ1) is 12.3. The number of fused-ring (bicyclic) bond motifs is 1. The van der Waals surface area contributed by atoms with E-state index in [4.69, 9.17) is 5.73 Å². The number of nitrogen functional groups attached to an aromatic ring is 1. The van der Waals surface area contributed by atoms with Gasteiger partial charge >= 0.3 is 0 Å². The molecule has 102 valence electrons. The molecule has 0 radical (unpaired) electrons. The van der Waals surface area contributed by atoms with Gasteiger partial charge in [-0.3, -0.25) is 0 Å². The maximum absolute atomic E-state index is 9.56. The van der Waals surface area contributed by atoms with E-state index in [0.717, 1.165) is 12.8 Å². The summed E-state index contributed by atoms with van der Waals surface area (Å²) < 4.78 is 1.95. The zero-order valence-electron chi connectivity index (χ0n) is 10.5. The van der Waals surface area contributed by atoms with Crippen LogP contribution in [0, 0.1) is 11.8 Å². The maximum atomic E-state index is 9.56. The number of aliphatic hydroxyl groups excluding tert-OH is 2. The van der Waals surface area contributed by atoms with Crippen molar-refractivity contribution >= 4 is 17.0 Å². The summed E-state index contributed by atoms with van der Waals surface area (Å²) in [4.78, 5) is 12.4. The molecule has 0 spiro atoms. The number of nitrogens with two attached hydrogens (primary N) is 1. The molecule has 0 aliphatic heterocycles. The second-order valence-electron chi connectivity index (χ2n) is 5.02. The Morgan fingerprint density at radius 2 is 2.05 bits per heavy atom. The second-order valence-corrected chi connectivity index (χ2v) is 5.02. The van der Waals surface area contributed by atoms with Crippen LogP contribution in [-0.4, -0.2) is 42.9 Å². The van der Waals surface area contributed by atoms with Crippen molar-refractivity contribution in [1.29, 1.82) is 0 Å². The SMILES string of the molecule is Nc1ncnc2c1ncn2[C@H]1CC[C@@H](CO)[C@@H]1CO. The van der Waals surface area contributed by atoms with Gasteiger partial charge in [0.25, 0.3) is 0 Å². The van der Waals surface area contributed by atoms with E-state index in [1.54, 1.807) is 6.33 Å². The molecule has 0 saturated heterocycles. The van der Waals surface area contributed by atoms with E-state index in [0.29, 0.717) is 17.0 Å². The van der Waals surface area contributed by atoms with Gasteiger partial charge in [-0.2, -0.15) is 0 Å². The summed E-state index contributed by atoms with van der Waals surface area (Å²) in [6, 6.07) is 0.0986. The second kappa shape index (κ2) is 4.75. The fraction of sp³-hybridized carbons (Fsp3) is 0.583. The lowest BCUT2D eigenvalue weighted by atomic mass is 9.95. The predicted octanol–water partition coefficient (Wildman–Crippen LogP) is -0.0396. The van der Waals surface area contributed by atoms with E-state index in [2.05, 4.69) is 15.0 Å². The van der Waals surface area contributed by atoms with Crippen molar-refractivity contribution < 1.29 is 10.2 Å². The monoisotopic (exact) mass is 263 g/mol. The zero-order chi connectivity index (χ0) is 13.4. The molecule has 1 fully saturated rings. The lowest BCUT2D eigenvalue weighted by Crippen LogP contribution is -2.23. The van der Waals surface area contributed by atoms with Crippen LogP contribution in [-0.2, 0) is 0 Å². The molecular formula is C12H17N5O2. The Labute approximate surface area is 110 Å². The summed E-state index contributed by atoms with van der Waals surface area (Å²) >= 11 is 0. The largest absolute Gasteiger partial charge is 0.396 e. The number of hydrogen-bond donors (Lipinski definition) is 3. The average Bonchev–Trinajstić information content (AvgIpc) is 3.01. The number of aliphatic hydroxyl groups is 2. The van der Waals surface area contributed by atoms with Gasteiger partial charge in [-0.05, 0) is 18.8 Å². The average molecular weight is 263 g/mol. The molecular weight excluding hydrogens is 246 g/mol. The Balaban J connectivity index is 2.03. The third kappa shape index (κ3) is 1.85. The Hall–Kier alpha value is -1.73. The first-order chi connectivity index (χ1) is 9.26. The number of imidazole rings is 1. The number of aromatic nitrogens is 4. The van der Waals surface area contributed by atoms with Gasteiger partial charge in [-0.15, -0.1) is 0 Å². The van der Waals surface area contributed by atoms with Crippen molar-refractivity contribution in [3.63, 3.8) is 0 Å². The molecule has 7 nitrogen and oxygen atoms in total. The molecule has 4 N–H and O–H groups in total. The van der Waals surface area contributed by atoms with Gasteiger partial charge in [0.1, 0.15) is 11.8 Å². The Bertz CT molecular complexity index is 585. The van der Waals surface area contributed by atoms with Crippen LogP contribution in [0.5, 0.6) is 0 Å². The van der Waals surface area contributed by atoms with Gasteiger partial charge in [0.05, 0.1) is 6.33 Å². The van der Waals surface area contributed by atoms with Crippen LogP contribution in [0.4, 0.5) is 5.82 Å². The lowest BCUT2D eigenvalue weighted by Gasteiger charge is -2.22. The molecule has 1 aliphatic rings. The molecule has 0 unspecified atom stereocenters. The molecule has 3 rings (SSSR count). The first-order valence-corrected chi connectivity index (χ1v) is 6.41. The van der Waals surface area contributed by atoms with Crippen molar-refractivity contribution in [3.05, 3.63) is 12.7 Å². The Morgan fingerprint density at radius 1 is 1.21 bits per heavy atom. The summed E-state index contributed by atoms with van der Waals surface area (Å²) in [5, 5.41) is 18.9. The first-order valence-electron chi connectivity index (χ1n) is 6.41. The van der Waals surface area contributed by atoms with E-state index in [1.165, 1.54) is 6.33 Å². The highest BCUT2D eigenvalue weighted by Gasteiger charge is 2.37. The fourth-order valence-electron chi connectivity index (χ4n) is 3.08. The summed E-state index contributed by atoms with van der Waals surface area (Å²) in [6.45, 7) is 0.154. The number of rotatable bonds is 3. The van der Waals surface area contributed by atoms with Crippen LogP contribution >= 0.6 is 0 Å². The molecule has 0 amide bonds. The van der Waals surface area contributed by atoms with Crippen LogP contribution in [0.25, 0.3) is 11.2 Å². The van der Waals surface area contributed by atoms with Gasteiger partial charge in [0, 0.05) is 25.2 Å². The molecule has 2 aromatic heterocycles. The van der Waals surface area contributed by atoms with Crippen LogP contribution in [0.3, 0.4) is 0 Å². The Morgan fingerprint density at radius 3 is 2.79 bits per heavy atom. The van der Waals surface area contributed by atoms with E-state index in [9.17, 15) is 10.2 Å². The van der Waals surface area contributed by atoms with Gasteiger partial charge in [-0.1, -0.05) is 0 Å². The maximum Gasteiger partial charge on any atom is 0.165 e. The third-order valence-electron chi connectivity index (χ3n) is 4.12. The Kier molecular flexibility index (Phi) is 3.08. The van der Waals surface area contributed by atoms with Gasteiger partial charge in [-0.25, -0.2) is 15.0 Å². The standard InChI is InChI=1S/C12H17N5O2/c13-11-10-12(15-5-14-11)17(6-16-10)9-2-1-7(3-18)8(9)4-19/h5-9,18-19H,1-4H2,(H2,13,14,15)/t7-,8-,9-/m0/s1. The highest BCUT2D eigenvalue weighted by Crippen LogP contribution is 2.41. The molecule has 1 saturated carbocycles. The minimum absolute atomic E-state index is 0.0265. The van der Waals surface area contributed by atoms with E-state index in [1.807, 2.05) is 4.57 Å². The van der Waals surface area contributed by atoms with Crippen LogP contribution < -0.4 is 5.73 Å². The van der Waals surface area contributed by atoms with Crippen LogP contribution in [0.15, 0.2) is 12.7 Å². The quantitative estimate of drug-likeness (QED) is 0.716. The van der Waals surface area contributed by atoms with Gasteiger partial charge < -0.3 is 20.5 Å². The molecule has 0 bridgehead atoms. The number of nitrogens with zero attached hydrogens (tertiary/aromatic N) is 4. The smallest absolute Gasteiger partial charge is 0.165 e. The van der Waals surface area contributed by atoms with E-state index >= 15 is 0 Å². The molecule has 1 aliphatic carbocycles. The summed E-state index contributed by atoms with van der Waals surface area (Å²) in [6.07, 6.45) is 4.91. The van der Waals surface area contributed by atoms with E-state index in [-0.39, 0.29) is 31.1 Å². The molecule has 19 heavy (non-hydrogen) atoms. The normalized spacial score (nSPS) is 27.2. The van der Waals surface area contributed by atoms with Crippen LogP contribution in [0.1, 0.15) is 18.9 Å². The summed E-state index contributed by atoms with van der Waals surface area (Å²) in [5.74, 6) is 0.520. The highest BCUT2D eigenvalue weighted by molar-refractivity contribution is 5.81. The van der Waals surface area contributed by atoms with Crippen molar-refractivity contribution in [2.75, 3.05) is 18.9 Å². The van der Waals surface area contributed by atoms with Crippen molar-refractivity contribution in [3.8, 4) is 0 Å². The molecule has 0 aromatic carbocycles. The minimum atomic E-state index is 0.0265. The summed E-state index contributed by atoms with van der Waals surface area (Å²) in [5.41, 5.74) is 7.05. The summed E-state index contributed by atoms with van der Waals surface area (Å²) in [7, 11) is 0. The predicted molar refractivity (Wildman–Crippen MR) is 69.2 cm³/mol. The highest BCUT2D eigenvalue weighted by atomic mass is 16.3. The van der Waals surface area contributed by atoms with Crippen molar-refractivity contribution in [2.45, 2.75) is 18.9 Å². The number of hydrogen-bond acceptors (Lipinski definition) is 6. The molecule has 2 aromatic rings. The zero-order valence-corrected chi connectivity index (χ0v) is 10.5. The minimum Gasteiger partial charge on any atom is -0.396 e. The number of anilines is 1. The third-order valence-corrected chi connectivity index (χ3v) is 4.12. The fourth-order valence-corrected chi connectivity index (χ4v) is 3.08. The molecule has 2 heterocycles. The molecule has 7 heteroatoms. The van der Waals surface area contributed by atoms with Crippen molar-refractivity contribution in [1.82, 2.24) is 19.5 Å². The van der Waals surface area contributed by atoms with Gasteiger partial charge in [0.15, 0.2) is 11.5 Å². The van der Waals surface area contributed by atoms with Gasteiger partial charge in [0.2, 0.25) is 0 Å². The topological polar surface area (TPSA) is 110 Å².